The average Bonchev–Trinajstić information content (AvgIpc) is 3.15. The van der Waals surface area contributed by atoms with Crippen LogP contribution >= 0.6 is 7.82 Å². The van der Waals surface area contributed by atoms with Gasteiger partial charge in [0.2, 0.25) is 5.91 Å². The molecule has 0 aromatic carbocycles. The quantitative estimate of drug-likeness (QED) is 0.0197. The largest absolute Gasteiger partial charge is 0.472 e. The number of aliphatic hydroxyl groups excluding tert-OH is 7. The SMILES string of the molecule is CCCC/C=C\CCCCCC(O)CC(=O)NC(COP(=O)(O)OC1C(O)C(O)C(O)C(O)C1O)C(O)CCCCCCCCCCCCCCCCCC. The second-order valence-corrected chi connectivity index (χ2v) is 17.1. The number of allylic oxidation sites excluding steroid dienone is 2. The molecule has 0 aromatic heterocycles. The summed E-state index contributed by atoms with van der Waals surface area (Å²) in [6.07, 6.45) is 17.1. The third-order valence-electron chi connectivity index (χ3n) is 10.6. The van der Waals surface area contributed by atoms with Crippen LogP contribution in [0.25, 0.3) is 0 Å². The summed E-state index contributed by atoms with van der Waals surface area (Å²) >= 11 is 0. The van der Waals surface area contributed by atoms with Crippen molar-refractivity contribution in [3.8, 4) is 0 Å². The molecule has 0 saturated heterocycles. The molecule has 55 heavy (non-hydrogen) atoms. The zero-order valence-corrected chi connectivity index (χ0v) is 35.0. The minimum Gasteiger partial charge on any atom is -0.393 e. The second kappa shape index (κ2) is 32.0. The Kier molecular flexibility index (Phi) is 30.3. The van der Waals surface area contributed by atoms with Gasteiger partial charge < -0.3 is 46.0 Å². The van der Waals surface area contributed by atoms with Crippen LogP contribution in [0.5, 0.6) is 0 Å². The van der Waals surface area contributed by atoms with Gasteiger partial charge in [-0.25, -0.2) is 4.57 Å². The Morgan fingerprint density at radius 3 is 1.55 bits per heavy atom. The molecular formula is C41H80NO12P. The highest BCUT2D eigenvalue weighted by Crippen LogP contribution is 2.47. The fraction of sp³-hybridized carbons (Fsp3) is 0.927. The van der Waals surface area contributed by atoms with Gasteiger partial charge in [0.05, 0.1) is 31.3 Å². The molecule has 0 aliphatic heterocycles. The van der Waals surface area contributed by atoms with Gasteiger partial charge in [0, 0.05) is 0 Å². The van der Waals surface area contributed by atoms with E-state index in [-0.39, 0.29) is 12.8 Å². The van der Waals surface area contributed by atoms with Crippen LogP contribution in [0.4, 0.5) is 0 Å². The lowest BCUT2D eigenvalue weighted by atomic mass is 9.85. The lowest BCUT2D eigenvalue weighted by Gasteiger charge is -2.41. The average molecular weight is 810 g/mol. The van der Waals surface area contributed by atoms with E-state index in [1.165, 1.54) is 83.5 Å². The van der Waals surface area contributed by atoms with Gasteiger partial charge >= 0.3 is 7.82 Å². The van der Waals surface area contributed by atoms with E-state index < -0.39 is 75.2 Å². The van der Waals surface area contributed by atoms with E-state index in [9.17, 15) is 50.0 Å². The molecule has 0 bridgehead atoms. The topological polar surface area (TPSA) is 226 Å². The summed E-state index contributed by atoms with van der Waals surface area (Å²) in [7, 11) is -5.11. The van der Waals surface area contributed by atoms with Gasteiger partial charge in [-0.2, -0.15) is 0 Å². The van der Waals surface area contributed by atoms with Crippen molar-refractivity contribution in [2.24, 2.45) is 0 Å². The Morgan fingerprint density at radius 1 is 0.618 bits per heavy atom. The highest BCUT2D eigenvalue weighted by atomic mass is 31.2. The number of rotatable bonds is 35. The van der Waals surface area contributed by atoms with Crippen LogP contribution in [0.1, 0.15) is 181 Å². The van der Waals surface area contributed by atoms with Crippen LogP contribution in [0, 0.1) is 0 Å². The van der Waals surface area contributed by atoms with Crippen molar-refractivity contribution < 1.29 is 59.0 Å². The first kappa shape index (κ1) is 52.1. The fourth-order valence-corrected chi connectivity index (χ4v) is 7.96. The molecular weight excluding hydrogens is 729 g/mol. The van der Waals surface area contributed by atoms with Gasteiger partial charge in [-0.1, -0.05) is 154 Å². The van der Waals surface area contributed by atoms with Crippen LogP contribution in [0.3, 0.4) is 0 Å². The molecule has 14 heteroatoms. The van der Waals surface area contributed by atoms with Crippen LogP contribution in [-0.4, -0.2) is 108 Å². The Bertz CT molecular complexity index is 1010. The number of unbranched alkanes of at least 4 members (excludes halogenated alkanes) is 20. The standard InChI is InChI=1S/C41H80NO12P/c1-3-5-7-9-11-13-14-15-16-17-18-19-21-23-25-27-29-34(44)33(42-35(45)30-32(43)28-26-24-22-20-12-10-8-6-4-2)31-53-55(51,52)54-41-39(49)37(47)36(46)38(48)40(41)50/h10,12,32-34,36-41,43-44,46-50H,3-9,11,13-31H2,1-2H3,(H,42,45)(H,51,52)/b12-10-. The van der Waals surface area contributed by atoms with Gasteiger partial charge in [-0.05, 0) is 32.1 Å². The van der Waals surface area contributed by atoms with E-state index in [1.807, 2.05) is 0 Å². The van der Waals surface area contributed by atoms with Crippen molar-refractivity contribution in [2.45, 2.75) is 236 Å². The van der Waals surface area contributed by atoms with Gasteiger partial charge in [-0.15, -0.1) is 0 Å². The molecule has 1 saturated carbocycles. The van der Waals surface area contributed by atoms with E-state index in [1.54, 1.807) is 0 Å². The number of hydrogen-bond donors (Lipinski definition) is 9. The van der Waals surface area contributed by atoms with Gasteiger partial charge in [0.25, 0.3) is 0 Å². The number of carbonyl (C=O) groups is 1. The Morgan fingerprint density at radius 2 is 1.04 bits per heavy atom. The van der Waals surface area contributed by atoms with Crippen molar-refractivity contribution >= 4 is 13.7 Å². The molecule has 8 unspecified atom stereocenters. The highest BCUT2D eigenvalue weighted by molar-refractivity contribution is 7.47. The van der Waals surface area contributed by atoms with Crippen LogP contribution in [0.2, 0.25) is 0 Å². The molecule has 1 fully saturated rings. The van der Waals surface area contributed by atoms with Crippen molar-refractivity contribution in [1.82, 2.24) is 5.32 Å². The zero-order chi connectivity index (χ0) is 40.9. The number of amides is 1. The van der Waals surface area contributed by atoms with Gasteiger partial charge in [0.1, 0.15) is 36.6 Å². The second-order valence-electron chi connectivity index (χ2n) is 15.7. The molecule has 1 amide bonds. The highest BCUT2D eigenvalue weighted by Gasteiger charge is 2.51. The maximum Gasteiger partial charge on any atom is 0.472 e. The summed E-state index contributed by atoms with van der Waals surface area (Å²) in [5.74, 6) is -0.571. The first-order valence-electron chi connectivity index (χ1n) is 21.7. The molecule has 1 rings (SSSR count). The minimum atomic E-state index is -5.11. The van der Waals surface area contributed by atoms with Crippen LogP contribution < -0.4 is 5.32 Å². The van der Waals surface area contributed by atoms with E-state index in [4.69, 9.17) is 9.05 Å². The number of phosphoric ester groups is 1. The molecule has 1 aliphatic carbocycles. The maximum absolute atomic E-state index is 12.9. The number of carbonyl (C=O) groups excluding carboxylic acids is 1. The summed E-state index contributed by atoms with van der Waals surface area (Å²) in [5.41, 5.74) is 0. The lowest BCUT2D eigenvalue weighted by Crippen LogP contribution is -2.64. The molecule has 0 heterocycles. The monoisotopic (exact) mass is 810 g/mol. The summed E-state index contributed by atoms with van der Waals surface area (Å²) < 4.78 is 22.8. The lowest BCUT2D eigenvalue weighted by molar-refractivity contribution is -0.220. The van der Waals surface area contributed by atoms with E-state index in [2.05, 4.69) is 31.3 Å². The van der Waals surface area contributed by atoms with E-state index >= 15 is 0 Å². The van der Waals surface area contributed by atoms with Crippen LogP contribution in [0.15, 0.2) is 12.2 Å². The number of aliphatic hydroxyl groups is 7. The first-order valence-corrected chi connectivity index (χ1v) is 23.2. The summed E-state index contributed by atoms with van der Waals surface area (Å²) in [5, 5.41) is 74.3. The predicted octanol–water partition coefficient (Wildman–Crippen LogP) is 6.25. The van der Waals surface area contributed by atoms with Crippen molar-refractivity contribution in [1.29, 1.82) is 0 Å². The molecule has 9 N–H and O–H groups in total. The van der Waals surface area contributed by atoms with Gasteiger partial charge in [0.15, 0.2) is 0 Å². The maximum atomic E-state index is 12.9. The minimum absolute atomic E-state index is 0.231. The Labute approximate surface area is 331 Å². The summed E-state index contributed by atoms with van der Waals surface area (Å²) in [4.78, 5) is 23.3. The molecule has 0 spiro atoms. The van der Waals surface area contributed by atoms with Crippen molar-refractivity contribution in [3.63, 3.8) is 0 Å². The first-order chi connectivity index (χ1) is 26.3. The zero-order valence-electron chi connectivity index (χ0n) is 34.1. The molecule has 13 nitrogen and oxygen atoms in total. The fourth-order valence-electron chi connectivity index (χ4n) is 6.99. The van der Waals surface area contributed by atoms with Gasteiger partial charge in [-0.3, -0.25) is 13.8 Å². The molecule has 1 aliphatic rings. The third kappa shape index (κ3) is 24.5. The molecule has 326 valence electrons. The van der Waals surface area contributed by atoms with Crippen molar-refractivity contribution in [3.05, 3.63) is 12.2 Å². The number of nitrogens with one attached hydrogen (secondary N) is 1. The molecule has 0 aromatic rings. The molecule has 8 atom stereocenters. The molecule has 0 radical (unpaired) electrons. The van der Waals surface area contributed by atoms with Crippen molar-refractivity contribution in [2.75, 3.05) is 6.61 Å². The Balaban J connectivity index is 2.56. The third-order valence-corrected chi connectivity index (χ3v) is 11.6. The summed E-state index contributed by atoms with van der Waals surface area (Å²) in [6.45, 7) is 3.71. The predicted molar refractivity (Wildman–Crippen MR) is 215 cm³/mol. The number of phosphoric acid groups is 1. The smallest absolute Gasteiger partial charge is 0.393 e. The van der Waals surface area contributed by atoms with E-state index in [0.29, 0.717) is 12.8 Å². The van der Waals surface area contributed by atoms with Crippen LogP contribution in [-0.2, 0) is 18.4 Å². The summed E-state index contributed by atoms with van der Waals surface area (Å²) in [6, 6.07) is -1.15. The van der Waals surface area contributed by atoms with E-state index in [0.717, 1.165) is 57.8 Å². The normalized spacial score (nSPS) is 24.5. The number of hydrogen-bond acceptors (Lipinski definition) is 11. The Hall–Kier alpha value is -0.960.